The van der Waals surface area contributed by atoms with E-state index in [0.717, 1.165) is 24.8 Å². The molecule has 0 heterocycles. The Morgan fingerprint density at radius 2 is 1.80 bits per heavy atom. The van der Waals surface area contributed by atoms with Crippen LogP contribution in [0.5, 0.6) is 0 Å². The summed E-state index contributed by atoms with van der Waals surface area (Å²) in [6.45, 7) is 15.2. The lowest BCUT2D eigenvalue weighted by Gasteiger charge is -2.28. The lowest BCUT2D eigenvalue weighted by Crippen LogP contribution is -2.48. The summed E-state index contributed by atoms with van der Waals surface area (Å²) in [5.74, 6) is -0.524. The summed E-state index contributed by atoms with van der Waals surface area (Å²) in [5.41, 5.74) is 2.32. The molecule has 5 nitrogen and oxygen atoms in total. The molecule has 166 valence electrons. The van der Waals surface area contributed by atoms with Crippen molar-refractivity contribution >= 4 is 11.7 Å². The first-order valence-corrected chi connectivity index (χ1v) is 10.8. The summed E-state index contributed by atoms with van der Waals surface area (Å²) in [5, 5.41) is 23.8. The normalized spacial score (nSPS) is 15.0. The highest BCUT2D eigenvalue weighted by Gasteiger charge is 2.28. The average Bonchev–Trinajstić information content (AvgIpc) is 2.74. The lowest BCUT2D eigenvalue weighted by atomic mass is 9.93. The maximum atomic E-state index is 13.0. The molecule has 1 amide bonds. The number of allylic oxidation sites excluding steroid dienone is 1. The number of carbonyl (C=O) groups is 2. The molecule has 1 rings (SSSR count). The molecule has 0 bridgehead atoms. The molecule has 0 spiro atoms. The Labute approximate surface area is 180 Å². The number of hydrogen-bond donors (Lipinski definition) is 3. The van der Waals surface area contributed by atoms with Crippen LogP contribution in [0.25, 0.3) is 0 Å². The minimum absolute atomic E-state index is 0.00172. The van der Waals surface area contributed by atoms with Crippen LogP contribution in [0, 0.1) is 12.8 Å². The van der Waals surface area contributed by atoms with Crippen molar-refractivity contribution in [1.29, 1.82) is 0 Å². The summed E-state index contributed by atoms with van der Waals surface area (Å²) in [6, 6.07) is 4.37. The van der Waals surface area contributed by atoms with Crippen molar-refractivity contribution < 1.29 is 19.8 Å². The zero-order chi connectivity index (χ0) is 22.8. The first-order chi connectivity index (χ1) is 14.1. The van der Waals surface area contributed by atoms with Crippen LogP contribution in [0.15, 0.2) is 43.0 Å². The van der Waals surface area contributed by atoms with Crippen molar-refractivity contribution in [3.05, 3.63) is 59.7 Å². The zero-order valence-electron chi connectivity index (χ0n) is 18.8. The molecule has 1 aromatic carbocycles. The summed E-state index contributed by atoms with van der Waals surface area (Å²) >= 11 is 0. The van der Waals surface area contributed by atoms with E-state index in [4.69, 9.17) is 0 Å². The Hall–Kier alpha value is -2.24. The standard InChI is InChI=1S/C25H37NO4/c1-7-10-11-22(27)24(29)21(14-16(4)8-2)26-25(30)20-13-17(5)12-19(15-20)23(28)18(6)9-3/h8,12-13,15,18,21-22,24,27,29H,2,4,7,9-11,14H2,1,3,5-6H3,(H,26,30). The van der Waals surface area contributed by atoms with Crippen molar-refractivity contribution in [1.82, 2.24) is 5.32 Å². The smallest absolute Gasteiger partial charge is 0.251 e. The molecular weight excluding hydrogens is 378 g/mol. The molecule has 3 N–H and O–H groups in total. The first kappa shape index (κ1) is 25.8. The summed E-state index contributed by atoms with van der Waals surface area (Å²) in [4.78, 5) is 25.5. The first-order valence-electron chi connectivity index (χ1n) is 10.8. The van der Waals surface area contributed by atoms with E-state index in [1.54, 1.807) is 24.3 Å². The van der Waals surface area contributed by atoms with E-state index in [1.165, 1.54) is 0 Å². The molecule has 0 aromatic heterocycles. The Balaban J connectivity index is 3.10. The number of aliphatic hydroxyl groups excluding tert-OH is 2. The van der Waals surface area contributed by atoms with Crippen molar-refractivity contribution in [2.45, 2.75) is 78.0 Å². The molecule has 1 aromatic rings. The average molecular weight is 416 g/mol. The number of carbonyl (C=O) groups excluding carboxylic acids is 2. The van der Waals surface area contributed by atoms with Gasteiger partial charge in [-0.05, 0) is 49.9 Å². The van der Waals surface area contributed by atoms with Gasteiger partial charge in [0.25, 0.3) is 5.91 Å². The number of benzene rings is 1. The molecule has 0 saturated heterocycles. The monoisotopic (exact) mass is 415 g/mol. The molecule has 0 aliphatic carbocycles. The number of aliphatic hydroxyl groups is 2. The fourth-order valence-electron chi connectivity index (χ4n) is 3.25. The van der Waals surface area contributed by atoms with E-state index >= 15 is 0 Å². The quantitative estimate of drug-likeness (QED) is 0.330. The summed E-state index contributed by atoms with van der Waals surface area (Å²) in [7, 11) is 0. The second kappa shape index (κ2) is 12.5. The predicted octanol–water partition coefficient (Wildman–Crippen LogP) is 4.37. The third kappa shape index (κ3) is 7.54. The maximum absolute atomic E-state index is 13.0. The van der Waals surface area contributed by atoms with E-state index in [0.29, 0.717) is 23.1 Å². The third-order valence-corrected chi connectivity index (χ3v) is 5.43. The van der Waals surface area contributed by atoms with Crippen molar-refractivity contribution in [3.63, 3.8) is 0 Å². The molecule has 0 fully saturated rings. The molecule has 0 aliphatic rings. The van der Waals surface area contributed by atoms with Crippen LogP contribution in [0.4, 0.5) is 0 Å². The van der Waals surface area contributed by atoms with Crippen molar-refractivity contribution in [3.8, 4) is 0 Å². The fraction of sp³-hybridized carbons (Fsp3) is 0.520. The number of aryl methyl sites for hydroxylation is 1. The van der Waals surface area contributed by atoms with E-state index in [9.17, 15) is 19.8 Å². The fourth-order valence-corrected chi connectivity index (χ4v) is 3.25. The van der Waals surface area contributed by atoms with Gasteiger partial charge in [0, 0.05) is 17.0 Å². The van der Waals surface area contributed by atoms with Gasteiger partial charge in [0.05, 0.1) is 12.1 Å². The van der Waals surface area contributed by atoms with Crippen LogP contribution < -0.4 is 5.32 Å². The number of amides is 1. The van der Waals surface area contributed by atoms with Gasteiger partial charge in [0.1, 0.15) is 6.10 Å². The van der Waals surface area contributed by atoms with Crippen LogP contribution in [-0.4, -0.2) is 40.2 Å². The van der Waals surface area contributed by atoms with Crippen LogP contribution in [0.3, 0.4) is 0 Å². The highest BCUT2D eigenvalue weighted by Crippen LogP contribution is 2.18. The lowest BCUT2D eigenvalue weighted by molar-refractivity contribution is -0.00796. The van der Waals surface area contributed by atoms with Crippen LogP contribution in [0.2, 0.25) is 0 Å². The van der Waals surface area contributed by atoms with Gasteiger partial charge in [-0.1, -0.05) is 58.4 Å². The van der Waals surface area contributed by atoms with Crippen LogP contribution >= 0.6 is 0 Å². The highest BCUT2D eigenvalue weighted by molar-refractivity contribution is 6.01. The van der Waals surface area contributed by atoms with Crippen molar-refractivity contribution in [2.24, 2.45) is 5.92 Å². The third-order valence-electron chi connectivity index (χ3n) is 5.43. The Bertz CT molecular complexity index is 756. The molecule has 30 heavy (non-hydrogen) atoms. The number of rotatable bonds is 13. The van der Waals surface area contributed by atoms with Crippen molar-refractivity contribution in [2.75, 3.05) is 0 Å². The molecular formula is C25H37NO4. The molecule has 4 atom stereocenters. The largest absolute Gasteiger partial charge is 0.390 e. The Morgan fingerprint density at radius 3 is 2.37 bits per heavy atom. The molecule has 5 heteroatoms. The van der Waals surface area contributed by atoms with Gasteiger partial charge in [-0.2, -0.15) is 0 Å². The van der Waals surface area contributed by atoms with Gasteiger partial charge in [0.15, 0.2) is 5.78 Å². The summed E-state index contributed by atoms with van der Waals surface area (Å²) in [6.07, 6.45) is 2.60. The molecule has 0 radical (unpaired) electrons. The number of nitrogens with one attached hydrogen (secondary N) is 1. The van der Waals surface area contributed by atoms with Gasteiger partial charge < -0.3 is 15.5 Å². The minimum atomic E-state index is -1.14. The number of unbranched alkanes of at least 4 members (excludes halogenated alkanes) is 1. The van der Waals surface area contributed by atoms with E-state index in [-0.39, 0.29) is 18.1 Å². The Morgan fingerprint density at radius 1 is 1.17 bits per heavy atom. The second-order valence-corrected chi connectivity index (χ2v) is 8.11. The SMILES string of the molecule is C=CC(=C)CC(NC(=O)c1cc(C)cc(C(=O)C(C)CC)c1)C(O)C(O)CCCC. The topological polar surface area (TPSA) is 86.6 Å². The van der Waals surface area contributed by atoms with Crippen LogP contribution in [-0.2, 0) is 0 Å². The predicted molar refractivity (Wildman–Crippen MR) is 122 cm³/mol. The number of ketones is 1. The van der Waals surface area contributed by atoms with Gasteiger partial charge in [-0.3, -0.25) is 9.59 Å². The van der Waals surface area contributed by atoms with E-state index < -0.39 is 24.2 Å². The van der Waals surface area contributed by atoms with Gasteiger partial charge in [-0.25, -0.2) is 0 Å². The second-order valence-electron chi connectivity index (χ2n) is 8.11. The summed E-state index contributed by atoms with van der Waals surface area (Å²) < 4.78 is 0. The Kier molecular flexibility index (Phi) is 10.7. The van der Waals surface area contributed by atoms with Gasteiger partial charge in [0.2, 0.25) is 0 Å². The number of hydrogen-bond acceptors (Lipinski definition) is 4. The van der Waals surface area contributed by atoms with E-state index in [2.05, 4.69) is 18.5 Å². The minimum Gasteiger partial charge on any atom is -0.390 e. The van der Waals surface area contributed by atoms with E-state index in [1.807, 2.05) is 27.7 Å². The highest BCUT2D eigenvalue weighted by atomic mass is 16.3. The molecule has 0 aliphatic heterocycles. The zero-order valence-corrected chi connectivity index (χ0v) is 18.8. The number of Topliss-reactive ketones (excluding diaryl/α,β-unsaturated/α-hetero) is 1. The molecule has 0 saturated carbocycles. The van der Waals surface area contributed by atoms with Gasteiger partial charge >= 0.3 is 0 Å². The molecule has 4 unspecified atom stereocenters. The maximum Gasteiger partial charge on any atom is 0.251 e. The van der Waals surface area contributed by atoms with Crippen LogP contribution in [0.1, 0.15) is 79.2 Å². The van der Waals surface area contributed by atoms with Gasteiger partial charge in [-0.15, -0.1) is 0 Å².